The van der Waals surface area contributed by atoms with Crippen molar-refractivity contribution in [2.45, 2.75) is 13.8 Å². The topological polar surface area (TPSA) is 0 Å². The van der Waals surface area contributed by atoms with Crippen molar-refractivity contribution >= 4 is 23.5 Å². The summed E-state index contributed by atoms with van der Waals surface area (Å²) in [6, 6.07) is 0. The molecule has 12 heavy (non-hydrogen) atoms. The second-order valence-corrected chi connectivity index (χ2v) is 4.59. The average Bonchev–Trinajstić information content (AvgIpc) is 2.10. The number of rotatable bonds is 7. The highest BCUT2D eigenvalue weighted by Crippen LogP contribution is 2.07. The van der Waals surface area contributed by atoms with Crippen molar-refractivity contribution in [1.29, 1.82) is 0 Å². The van der Waals surface area contributed by atoms with Crippen molar-refractivity contribution in [3.05, 3.63) is 24.3 Å². The highest BCUT2D eigenvalue weighted by atomic mass is 32.2. The summed E-state index contributed by atoms with van der Waals surface area (Å²) in [5, 5.41) is 0. The van der Waals surface area contributed by atoms with Gasteiger partial charge < -0.3 is 0 Å². The van der Waals surface area contributed by atoms with Crippen LogP contribution in [0.4, 0.5) is 0 Å². The summed E-state index contributed by atoms with van der Waals surface area (Å²) in [5.74, 6) is 4.88. The van der Waals surface area contributed by atoms with Gasteiger partial charge >= 0.3 is 0 Å². The van der Waals surface area contributed by atoms with Gasteiger partial charge in [0, 0.05) is 23.0 Å². The molecule has 0 aliphatic carbocycles. The van der Waals surface area contributed by atoms with Crippen LogP contribution in [0.2, 0.25) is 0 Å². The molecule has 0 saturated heterocycles. The van der Waals surface area contributed by atoms with E-state index in [0.29, 0.717) is 0 Å². The third-order valence-corrected chi connectivity index (χ3v) is 3.37. The molecule has 0 aliphatic heterocycles. The molecular formula is C10H18S2. The molecule has 0 saturated carbocycles. The second-order valence-electron chi connectivity index (χ2n) is 2.29. The molecular weight excluding hydrogens is 184 g/mol. The van der Waals surface area contributed by atoms with E-state index < -0.39 is 0 Å². The maximum Gasteiger partial charge on any atom is 0.0113 e. The fourth-order valence-corrected chi connectivity index (χ4v) is 2.55. The average molecular weight is 202 g/mol. The summed E-state index contributed by atoms with van der Waals surface area (Å²) in [4.78, 5) is 0. The van der Waals surface area contributed by atoms with Crippen LogP contribution in [0.15, 0.2) is 24.3 Å². The van der Waals surface area contributed by atoms with Crippen molar-refractivity contribution in [3.8, 4) is 0 Å². The van der Waals surface area contributed by atoms with E-state index >= 15 is 0 Å². The first kappa shape index (κ1) is 12.2. The van der Waals surface area contributed by atoms with Crippen molar-refractivity contribution in [1.82, 2.24) is 0 Å². The maximum absolute atomic E-state index is 2.21. The molecule has 0 aromatic rings. The molecule has 70 valence electrons. The molecule has 0 aromatic heterocycles. The van der Waals surface area contributed by atoms with Gasteiger partial charge in [0.2, 0.25) is 0 Å². The van der Waals surface area contributed by atoms with Gasteiger partial charge in [-0.2, -0.15) is 23.5 Å². The lowest BCUT2D eigenvalue weighted by atomic mass is 10.6. The third-order valence-electron chi connectivity index (χ3n) is 1.27. The standard InChI is InChI=1S/C10H18S2/c1-3-5-7-11-9-10-12-8-6-4-2/h3-6H,7-10H2,1-2H3. The molecule has 0 N–H and O–H groups in total. The van der Waals surface area contributed by atoms with Crippen LogP contribution in [0.1, 0.15) is 13.8 Å². The smallest absolute Gasteiger partial charge is 0.0113 e. The summed E-state index contributed by atoms with van der Waals surface area (Å²) < 4.78 is 0. The summed E-state index contributed by atoms with van der Waals surface area (Å²) in [7, 11) is 0. The van der Waals surface area contributed by atoms with Crippen molar-refractivity contribution < 1.29 is 0 Å². The molecule has 0 amide bonds. The Balaban J connectivity index is 2.91. The van der Waals surface area contributed by atoms with Gasteiger partial charge in [-0.25, -0.2) is 0 Å². The molecule has 0 aromatic carbocycles. The Labute approximate surface area is 84.9 Å². The summed E-state index contributed by atoms with van der Waals surface area (Å²) >= 11 is 4.01. The first-order valence-electron chi connectivity index (χ1n) is 4.29. The van der Waals surface area contributed by atoms with Crippen LogP contribution < -0.4 is 0 Å². The zero-order valence-corrected chi connectivity index (χ0v) is 9.59. The zero-order valence-electron chi connectivity index (χ0n) is 7.95. The van der Waals surface area contributed by atoms with Gasteiger partial charge in [0.1, 0.15) is 0 Å². The van der Waals surface area contributed by atoms with Crippen LogP contribution in [-0.4, -0.2) is 23.0 Å². The molecule has 0 spiro atoms. The lowest BCUT2D eigenvalue weighted by molar-refractivity contribution is 1.52. The molecule has 0 radical (unpaired) electrons. The van der Waals surface area contributed by atoms with E-state index in [9.17, 15) is 0 Å². The number of hydrogen-bond donors (Lipinski definition) is 0. The van der Waals surface area contributed by atoms with E-state index in [0.717, 1.165) is 0 Å². The van der Waals surface area contributed by atoms with Gasteiger partial charge in [0.05, 0.1) is 0 Å². The molecule has 0 unspecified atom stereocenters. The molecule has 0 rings (SSSR count). The largest absolute Gasteiger partial charge is 0.157 e. The maximum atomic E-state index is 2.21. The van der Waals surface area contributed by atoms with Crippen LogP contribution >= 0.6 is 23.5 Å². The van der Waals surface area contributed by atoms with Crippen LogP contribution in [-0.2, 0) is 0 Å². The normalized spacial score (nSPS) is 11.8. The summed E-state index contributed by atoms with van der Waals surface area (Å²) in [6.07, 6.45) is 8.64. The first-order valence-corrected chi connectivity index (χ1v) is 6.60. The highest BCUT2D eigenvalue weighted by Gasteiger charge is 1.86. The quantitative estimate of drug-likeness (QED) is 0.457. The van der Waals surface area contributed by atoms with Crippen LogP contribution in [0.25, 0.3) is 0 Å². The van der Waals surface area contributed by atoms with Crippen molar-refractivity contribution in [2.24, 2.45) is 0 Å². The third kappa shape index (κ3) is 10.2. The molecule has 0 aliphatic rings. The van der Waals surface area contributed by atoms with Crippen LogP contribution in [0.3, 0.4) is 0 Å². The fourth-order valence-electron chi connectivity index (χ4n) is 0.613. The molecule has 2 heteroatoms. The van der Waals surface area contributed by atoms with Gasteiger partial charge in [-0.3, -0.25) is 0 Å². The first-order chi connectivity index (χ1) is 5.91. The minimum absolute atomic E-state index is 1.17. The van der Waals surface area contributed by atoms with E-state index in [1.54, 1.807) is 0 Å². The molecule has 0 atom stereocenters. The minimum atomic E-state index is 1.17. The van der Waals surface area contributed by atoms with E-state index in [1.165, 1.54) is 23.0 Å². The number of allylic oxidation sites excluding steroid dienone is 2. The van der Waals surface area contributed by atoms with E-state index in [-0.39, 0.29) is 0 Å². The van der Waals surface area contributed by atoms with Crippen LogP contribution in [0, 0.1) is 0 Å². The molecule has 0 nitrogen and oxygen atoms in total. The van der Waals surface area contributed by atoms with E-state index in [2.05, 4.69) is 38.2 Å². The molecule has 0 fully saturated rings. The Morgan fingerprint density at radius 3 is 1.58 bits per heavy atom. The zero-order chi connectivity index (χ0) is 9.07. The predicted octanol–water partition coefficient (Wildman–Crippen LogP) is 3.61. The minimum Gasteiger partial charge on any atom is -0.157 e. The van der Waals surface area contributed by atoms with Gasteiger partial charge in [-0.05, 0) is 13.8 Å². The summed E-state index contributed by atoms with van der Waals surface area (Å²) in [6.45, 7) is 4.14. The Bertz CT molecular complexity index is 112. The van der Waals surface area contributed by atoms with Crippen LogP contribution in [0.5, 0.6) is 0 Å². The highest BCUT2D eigenvalue weighted by molar-refractivity contribution is 8.03. The number of hydrogen-bond acceptors (Lipinski definition) is 2. The van der Waals surface area contributed by atoms with Crippen molar-refractivity contribution in [3.63, 3.8) is 0 Å². The second kappa shape index (κ2) is 11.2. The Hall–Kier alpha value is 0.180. The van der Waals surface area contributed by atoms with Gasteiger partial charge in [0.15, 0.2) is 0 Å². The summed E-state index contributed by atoms with van der Waals surface area (Å²) in [5.41, 5.74) is 0. The Morgan fingerprint density at radius 2 is 1.25 bits per heavy atom. The van der Waals surface area contributed by atoms with E-state index in [4.69, 9.17) is 0 Å². The number of thioether (sulfide) groups is 2. The lowest BCUT2D eigenvalue weighted by Gasteiger charge is -1.96. The van der Waals surface area contributed by atoms with E-state index in [1.807, 2.05) is 23.5 Å². The fraction of sp³-hybridized carbons (Fsp3) is 0.600. The SMILES string of the molecule is CC=CCSCCSCC=CC. The predicted molar refractivity (Wildman–Crippen MR) is 64.3 cm³/mol. The molecule has 0 heterocycles. The van der Waals surface area contributed by atoms with Gasteiger partial charge in [-0.1, -0.05) is 24.3 Å². The molecule has 0 bridgehead atoms. The van der Waals surface area contributed by atoms with Crippen molar-refractivity contribution in [2.75, 3.05) is 23.0 Å². The monoisotopic (exact) mass is 202 g/mol. The Morgan fingerprint density at radius 1 is 0.833 bits per heavy atom. The lowest BCUT2D eigenvalue weighted by Crippen LogP contribution is -1.85. The van der Waals surface area contributed by atoms with Gasteiger partial charge in [-0.15, -0.1) is 0 Å². The Kier molecular flexibility index (Phi) is 11.3. The van der Waals surface area contributed by atoms with Gasteiger partial charge in [0.25, 0.3) is 0 Å².